The van der Waals surface area contributed by atoms with Crippen LogP contribution in [0.3, 0.4) is 0 Å². The summed E-state index contributed by atoms with van der Waals surface area (Å²) < 4.78 is 26.8. The second kappa shape index (κ2) is 10.3. The van der Waals surface area contributed by atoms with Gasteiger partial charge in [-0.05, 0) is 41.7 Å². The number of amides is 1. The Labute approximate surface area is 219 Å². The molecule has 1 atom stereocenters. The lowest BCUT2D eigenvalue weighted by molar-refractivity contribution is -0.140. The van der Waals surface area contributed by atoms with E-state index in [-0.39, 0.29) is 12.3 Å². The minimum Gasteiger partial charge on any atom is -0.480 e. The molecule has 38 heavy (non-hydrogen) atoms. The quantitative estimate of drug-likeness (QED) is 0.187. The minimum atomic E-state index is -3.74. The molecule has 0 aliphatic carbocycles. The van der Waals surface area contributed by atoms with E-state index < -0.39 is 27.9 Å². The number of nitrogens with zero attached hydrogens (tertiary/aromatic N) is 3. The van der Waals surface area contributed by atoms with Crippen LogP contribution in [0.5, 0.6) is 0 Å². The summed E-state index contributed by atoms with van der Waals surface area (Å²) in [7, 11) is -3.74. The first kappa shape index (κ1) is 25.5. The monoisotopic (exact) mass is 531 g/mol. The topological polar surface area (TPSA) is 156 Å². The summed E-state index contributed by atoms with van der Waals surface area (Å²) in [5.74, 6) is 3.56. The van der Waals surface area contributed by atoms with E-state index >= 15 is 0 Å². The van der Waals surface area contributed by atoms with Crippen LogP contribution in [0.25, 0.3) is 33.3 Å². The third kappa shape index (κ3) is 4.99. The zero-order chi connectivity index (χ0) is 26.9. The zero-order valence-electron chi connectivity index (χ0n) is 20.2. The number of aliphatic carboxylic acids is 1. The first-order valence-electron chi connectivity index (χ1n) is 11.9. The second-order valence-corrected chi connectivity index (χ2v) is 11.0. The molecule has 3 heterocycles. The fourth-order valence-corrected chi connectivity index (χ4v) is 6.49. The van der Waals surface area contributed by atoms with Gasteiger partial charge in [-0.1, -0.05) is 48.5 Å². The van der Waals surface area contributed by atoms with Gasteiger partial charge in [0, 0.05) is 29.9 Å². The van der Waals surface area contributed by atoms with Crippen LogP contribution in [-0.4, -0.2) is 52.3 Å². The number of hydrazine groups is 1. The van der Waals surface area contributed by atoms with Crippen molar-refractivity contribution in [1.29, 1.82) is 0 Å². The second-order valence-electron chi connectivity index (χ2n) is 9.06. The van der Waals surface area contributed by atoms with Crippen LogP contribution in [0, 0.1) is 0 Å². The van der Waals surface area contributed by atoms with Gasteiger partial charge in [0.25, 0.3) is 5.91 Å². The Bertz CT molecular complexity index is 1620. The number of nitrogens with two attached hydrogens (primary N) is 1. The summed E-state index contributed by atoms with van der Waals surface area (Å²) in [6.45, 7) is 0.227. The summed E-state index contributed by atoms with van der Waals surface area (Å²) in [6, 6.07) is 17.2. The van der Waals surface area contributed by atoms with Crippen LogP contribution in [0.2, 0.25) is 0 Å². The average molecular weight is 532 g/mol. The van der Waals surface area contributed by atoms with Gasteiger partial charge in [0.2, 0.25) is 10.0 Å². The molecule has 10 nitrogen and oxygen atoms in total. The first-order chi connectivity index (χ1) is 18.3. The Morgan fingerprint density at radius 1 is 1.03 bits per heavy atom. The fraction of sp³-hybridized carbons (Fsp3) is 0.185. The number of aromatic nitrogens is 2. The predicted molar refractivity (Wildman–Crippen MR) is 142 cm³/mol. The molecule has 2 aromatic carbocycles. The molecule has 1 fully saturated rings. The van der Waals surface area contributed by atoms with Crippen molar-refractivity contribution in [2.24, 2.45) is 5.84 Å². The van der Waals surface area contributed by atoms with E-state index in [2.05, 4.69) is 15.4 Å². The molecule has 1 aliphatic rings. The van der Waals surface area contributed by atoms with Crippen LogP contribution in [0.4, 0.5) is 0 Å². The number of pyridine rings is 2. The van der Waals surface area contributed by atoms with E-state index in [4.69, 9.17) is 5.84 Å². The maximum absolute atomic E-state index is 12.8. The molecule has 1 amide bonds. The van der Waals surface area contributed by atoms with Gasteiger partial charge in [0.1, 0.15) is 6.04 Å². The number of rotatable bonds is 7. The highest BCUT2D eigenvalue weighted by Crippen LogP contribution is 2.28. The number of carbonyl (C=O) groups excluding carboxylic acids is 1. The number of nitrogen functional groups attached to an aromatic ring is 1. The van der Waals surface area contributed by atoms with E-state index in [9.17, 15) is 23.1 Å². The normalized spacial score (nSPS) is 16.0. The van der Waals surface area contributed by atoms with E-state index in [0.717, 1.165) is 21.0 Å². The molecule has 4 N–H and O–H groups in total. The number of sulfonamides is 1. The van der Waals surface area contributed by atoms with Crippen LogP contribution in [-0.2, 0) is 20.6 Å². The highest BCUT2D eigenvalue weighted by molar-refractivity contribution is 7.88. The highest BCUT2D eigenvalue weighted by Gasteiger charge is 2.38. The van der Waals surface area contributed by atoms with E-state index in [1.165, 1.54) is 0 Å². The standard InChI is InChI=1S/C27H25N5O5S/c28-31-26(33)21-14-24(30-23-11-12-29-15-22(21)23)20-9-7-19(8-10-20)18-5-3-17(4-6-18)16-38(36,37)32-13-1-2-25(32)27(34)35/h3-12,14-15,25H,1-2,13,16,28H2,(H,31,33)(H,34,35). The number of hydrogen-bond donors (Lipinski definition) is 3. The molecule has 0 spiro atoms. The summed E-state index contributed by atoms with van der Waals surface area (Å²) in [5, 5.41) is 9.93. The molecule has 4 aromatic rings. The molecule has 0 saturated carbocycles. The highest BCUT2D eigenvalue weighted by atomic mass is 32.2. The summed E-state index contributed by atoms with van der Waals surface area (Å²) in [5.41, 5.74) is 6.96. The van der Waals surface area contributed by atoms with Crippen molar-refractivity contribution >= 4 is 32.8 Å². The van der Waals surface area contributed by atoms with Crippen molar-refractivity contribution in [3.8, 4) is 22.4 Å². The largest absolute Gasteiger partial charge is 0.480 e. The van der Waals surface area contributed by atoms with E-state index in [0.29, 0.717) is 40.6 Å². The van der Waals surface area contributed by atoms with Gasteiger partial charge >= 0.3 is 5.97 Å². The molecule has 1 aliphatic heterocycles. The smallest absolute Gasteiger partial charge is 0.322 e. The Morgan fingerprint density at radius 2 is 1.68 bits per heavy atom. The lowest BCUT2D eigenvalue weighted by Gasteiger charge is -2.21. The number of carboxylic acids is 1. The third-order valence-electron chi connectivity index (χ3n) is 6.65. The van der Waals surface area contributed by atoms with Crippen molar-refractivity contribution in [3.05, 3.63) is 84.2 Å². The molecule has 5 rings (SSSR count). The molecule has 1 saturated heterocycles. The SMILES string of the molecule is NNC(=O)c1cc(-c2ccc(-c3ccc(CS(=O)(=O)N4CCCC4C(=O)O)cc3)cc2)nc2ccncc12. The van der Waals surface area contributed by atoms with Gasteiger partial charge in [-0.3, -0.25) is 20.0 Å². The van der Waals surface area contributed by atoms with Gasteiger partial charge in [-0.15, -0.1) is 0 Å². The van der Waals surface area contributed by atoms with Crippen LogP contribution in [0.1, 0.15) is 28.8 Å². The van der Waals surface area contributed by atoms with E-state index in [1.807, 2.05) is 36.4 Å². The fourth-order valence-electron chi connectivity index (χ4n) is 4.72. The van der Waals surface area contributed by atoms with E-state index in [1.54, 1.807) is 36.7 Å². The van der Waals surface area contributed by atoms with Crippen molar-refractivity contribution in [2.75, 3.05) is 6.54 Å². The number of carbonyl (C=O) groups is 2. The lowest BCUT2D eigenvalue weighted by Crippen LogP contribution is -2.40. The minimum absolute atomic E-state index is 0.227. The van der Waals surface area contributed by atoms with Crippen molar-refractivity contribution in [1.82, 2.24) is 19.7 Å². The Kier molecular flexibility index (Phi) is 6.89. The van der Waals surface area contributed by atoms with Crippen LogP contribution >= 0.6 is 0 Å². The zero-order valence-corrected chi connectivity index (χ0v) is 21.1. The number of carboxylic acid groups (broad SMARTS) is 1. The van der Waals surface area contributed by atoms with Gasteiger partial charge in [-0.25, -0.2) is 19.2 Å². The summed E-state index contributed by atoms with van der Waals surface area (Å²) >= 11 is 0. The third-order valence-corrected chi connectivity index (χ3v) is 8.50. The predicted octanol–water partition coefficient (Wildman–Crippen LogP) is 2.95. The number of fused-ring (bicyclic) bond motifs is 1. The number of benzene rings is 2. The number of hydrogen-bond acceptors (Lipinski definition) is 7. The van der Waals surface area contributed by atoms with Crippen molar-refractivity contribution < 1.29 is 23.1 Å². The van der Waals surface area contributed by atoms with Gasteiger partial charge < -0.3 is 5.11 Å². The van der Waals surface area contributed by atoms with Crippen molar-refractivity contribution in [2.45, 2.75) is 24.6 Å². The molecular weight excluding hydrogens is 506 g/mol. The lowest BCUT2D eigenvalue weighted by atomic mass is 10.0. The summed E-state index contributed by atoms with van der Waals surface area (Å²) in [6.07, 6.45) is 4.05. The van der Waals surface area contributed by atoms with Gasteiger partial charge in [0.15, 0.2) is 0 Å². The Balaban J connectivity index is 1.36. The maximum atomic E-state index is 12.8. The molecule has 1 unspecified atom stereocenters. The Morgan fingerprint density at radius 3 is 2.34 bits per heavy atom. The molecule has 0 bridgehead atoms. The molecule has 11 heteroatoms. The molecule has 0 radical (unpaired) electrons. The number of nitrogens with one attached hydrogen (secondary N) is 1. The van der Waals surface area contributed by atoms with Crippen molar-refractivity contribution in [3.63, 3.8) is 0 Å². The molecule has 2 aromatic heterocycles. The van der Waals surface area contributed by atoms with Crippen LogP contribution in [0.15, 0.2) is 73.1 Å². The Hall–Kier alpha value is -4.19. The van der Waals surface area contributed by atoms with Gasteiger partial charge in [-0.2, -0.15) is 4.31 Å². The molecular formula is C27H25N5O5S. The maximum Gasteiger partial charge on any atom is 0.322 e. The molecule has 194 valence electrons. The average Bonchev–Trinajstić information content (AvgIpc) is 3.44. The van der Waals surface area contributed by atoms with Crippen LogP contribution < -0.4 is 11.3 Å². The van der Waals surface area contributed by atoms with Gasteiger partial charge in [0.05, 0.1) is 22.5 Å². The first-order valence-corrected chi connectivity index (χ1v) is 13.6. The summed E-state index contributed by atoms with van der Waals surface area (Å²) in [4.78, 5) is 32.5.